The first-order valence-electron chi connectivity index (χ1n) is 12.6. The Bertz CT molecular complexity index is 795. The summed E-state index contributed by atoms with van der Waals surface area (Å²) in [4.78, 5) is 12.0. The van der Waals surface area contributed by atoms with Crippen LogP contribution in [0.3, 0.4) is 0 Å². The number of nitrogens with one attached hydrogen (secondary N) is 1. The summed E-state index contributed by atoms with van der Waals surface area (Å²) >= 11 is 0. The van der Waals surface area contributed by atoms with Gasteiger partial charge < -0.3 is 20.6 Å². The molecule has 5 heteroatoms. The number of aliphatic hydroxyl groups is 1. The Labute approximate surface area is 205 Å². The molecule has 0 saturated carbocycles. The monoisotopic (exact) mass is 469 g/mol. The van der Waals surface area contributed by atoms with Gasteiger partial charge in [-0.05, 0) is 62.6 Å². The molecule has 1 unspecified atom stereocenters. The average Bonchev–Trinajstić information content (AvgIpc) is 2.82. The summed E-state index contributed by atoms with van der Waals surface area (Å²) in [7, 11) is 0. The molecule has 1 atom stereocenters. The number of carbonyl (C=O) groups excluding carboxylic acids is 1. The summed E-state index contributed by atoms with van der Waals surface area (Å²) in [6.45, 7) is 2.63. The van der Waals surface area contributed by atoms with Crippen LogP contribution in [0.2, 0.25) is 0 Å². The predicted octanol–water partition coefficient (Wildman–Crippen LogP) is 6.44. The molecule has 0 aromatic heterocycles. The van der Waals surface area contributed by atoms with Crippen molar-refractivity contribution < 1.29 is 20.1 Å². The van der Waals surface area contributed by atoms with E-state index in [1.807, 2.05) is 0 Å². The highest BCUT2D eigenvalue weighted by Crippen LogP contribution is 2.27. The van der Waals surface area contributed by atoms with E-state index < -0.39 is 6.10 Å². The third-order valence-corrected chi connectivity index (χ3v) is 5.33. The Hall–Kier alpha value is -2.63. The molecule has 0 aliphatic rings. The minimum Gasteiger partial charge on any atom is -0.504 e. The third kappa shape index (κ3) is 15.3. The number of rotatable bonds is 19. The number of allylic oxidation sites excluding steroid dienone is 8. The number of phenolic OH excluding ortho intramolecular Hbond substituents is 2. The van der Waals surface area contributed by atoms with Crippen molar-refractivity contribution in [1.29, 1.82) is 0 Å². The molecule has 0 aliphatic carbocycles. The maximum atomic E-state index is 12.0. The summed E-state index contributed by atoms with van der Waals surface area (Å²) in [5.74, 6) is -0.394. The van der Waals surface area contributed by atoms with E-state index in [1.54, 1.807) is 0 Å². The molecule has 1 rings (SSSR count). The topological polar surface area (TPSA) is 89.8 Å². The minimum atomic E-state index is -0.858. The van der Waals surface area contributed by atoms with Crippen molar-refractivity contribution >= 4 is 5.78 Å². The van der Waals surface area contributed by atoms with Crippen LogP contribution < -0.4 is 5.32 Å². The lowest BCUT2D eigenvalue weighted by atomic mass is 10.1. The number of hydrogen-bond acceptors (Lipinski definition) is 5. The zero-order valence-corrected chi connectivity index (χ0v) is 20.7. The average molecular weight is 470 g/mol. The zero-order valence-electron chi connectivity index (χ0n) is 20.7. The van der Waals surface area contributed by atoms with Crippen molar-refractivity contribution in [3.63, 3.8) is 0 Å². The summed E-state index contributed by atoms with van der Waals surface area (Å²) in [6, 6.07) is 4.18. The number of aromatic hydroxyl groups is 2. The van der Waals surface area contributed by atoms with Crippen LogP contribution in [-0.4, -0.2) is 34.2 Å². The van der Waals surface area contributed by atoms with Crippen molar-refractivity contribution in [1.82, 2.24) is 5.32 Å². The third-order valence-electron chi connectivity index (χ3n) is 5.33. The lowest BCUT2D eigenvalue weighted by Crippen LogP contribution is -2.27. The number of aliphatic hydroxyl groups excluding tert-OH is 1. The van der Waals surface area contributed by atoms with Gasteiger partial charge in [0.15, 0.2) is 11.5 Å². The Morgan fingerprint density at radius 3 is 2.03 bits per heavy atom. The number of benzene rings is 1. The number of unbranched alkanes of at least 4 members (excludes halogenated alkanes) is 4. The number of hydrogen-bond donors (Lipinski definition) is 4. The fourth-order valence-corrected chi connectivity index (χ4v) is 3.28. The molecule has 0 heterocycles. The molecule has 0 radical (unpaired) electrons. The quantitative estimate of drug-likeness (QED) is 0.106. The summed E-state index contributed by atoms with van der Waals surface area (Å²) < 4.78 is 0. The molecule has 4 N–H and O–H groups in total. The largest absolute Gasteiger partial charge is 0.504 e. The molecule has 1 aromatic carbocycles. The van der Waals surface area contributed by atoms with Crippen LogP contribution in [0.15, 0.2) is 66.8 Å². The Morgan fingerprint density at radius 2 is 1.44 bits per heavy atom. The van der Waals surface area contributed by atoms with Gasteiger partial charge >= 0.3 is 0 Å². The first kappa shape index (κ1) is 29.4. The highest BCUT2D eigenvalue weighted by atomic mass is 16.3. The maximum absolute atomic E-state index is 12.0. The van der Waals surface area contributed by atoms with Crippen LogP contribution in [-0.2, 0) is 4.79 Å². The highest BCUT2D eigenvalue weighted by molar-refractivity contribution is 5.80. The number of Topliss-reactive ketones (excluding diaryl/α,β-unsaturated/α-hetero) is 1. The maximum Gasteiger partial charge on any atom is 0.157 e. The molecule has 1 aromatic rings. The van der Waals surface area contributed by atoms with E-state index >= 15 is 0 Å². The summed E-state index contributed by atoms with van der Waals surface area (Å²) in [5.41, 5.74) is 0.482. The second kappa shape index (κ2) is 19.8. The molecule has 0 saturated heterocycles. The van der Waals surface area contributed by atoms with Crippen LogP contribution in [0.5, 0.6) is 11.5 Å². The van der Waals surface area contributed by atoms with E-state index in [9.17, 15) is 20.1 Å². The van der Waals surface area contributed by atoms with Gasteiger partial charge in [-0.3, -0.25) is 4.79 Å². The standard InChI is InChI=1S/C29H43NO4/c1-2-3-4-5-6-7-8-9-10-11-12-13-14-15-16-17-18-19-26(31)23-30-24-29(34)25-20-21-27(32)28(33)22-25/h6-7,9-10,12-13,15-16,20-22,29-30,32-34H,2-5,8,11,14,17-19,23-24H2,1H3/b7-6-,10-9-,13-12-,16-15-. The van der Waals surface area contributed by atoms with Crippen molar-refractivity contribution in [2.75, 3.05) is 13.1 Å². The lowest BCUT2D eigenvalue weighted by Gasteiger charge is -2.12. The van der Waals surface area contributed by atoms with Gasteiger partial charge in [-0.2, -0.15) is 0 Å². The number of ketones is 1. The molecule has 0 bridgehead atoms. The normalized spacial score (nSPS) is 13.1. The number of phenols is 2. The zero-order chi connectivity index (χ0) is 24.9. The van der Waals surface area contributed by atoms with Crippen molar-refractivity contribution in [3.05, 3.63) is 72.4 Å². The van der Waals surface area contributed by atoms with E-state index in [1.165, 1.54) is 43.9 Å². The first-order valence-corrected chi connectivity index (χ1v) is 12.6. The Kier molecular flexibility index (Phi) is 17.1. The molecule has 34 heavy (non-hydrogen) atoms. The second-order valence-electron chi connectivity index (χ2n) is 8.41. The first-order chi connectivity index (χ1) is 16.5. The summed E-state index contributed by atoms with van der Waals surface area (Å²) in [6.07, 6.45) is 26.8. The van der Waals surface area contributed by atoms with Gasteiger partial charge in [0, 0.05) is 13.0 Å². The van der Waals surface area contributed by atoms with E-state index in [2.05, 4.69) is 60.8 Å². The molecule has 0 fully saturated rings. The van der Waals surface area contributed by atoms with E-state index in [4.69, 9.17) is 0 Å². The molecular weight excluding hydrogens is 426 g/mol. The van der Waals surface area contributed by atoms with Crippen molar-refractivity contribution in [2.24, 2.45) is 0 Å². The molecule has 5 nitrogen and oxygen atoms in total. The predicted molar refractivity (Wildman–Crippen MR) is 141 cm³/mol. The van der Waals surface area contributed by atoms with Gasteiger partial charge in [-0.1, -0.05) is 74.4 Å². The van der Waals surface area contributed by atoms with Gasteiger partial charge in [0.05, 0.1) is 12.6 Å². The number of carbonyl (C=O) groups is 1. The highest BCUT2D eigenvalue weighted by Gasteiger charge is 2.10. The molecule has 0 spiro atoms. The van der Waals surface area contributed by atoms with Crippen LogP contribution in [0.25, 0.3) is 0 Å². The van der Waals surface area contributed by atoms with Crippen LogP contribution >= 0.6 is 0 Å². The van der Waals surface area contributed by atoms with Crippen molar-refractivity contribution in [3.8, 4) is 11.5 Å². The molecule has 0 aliphatic heterocycles. The van der Waals surface area contributed by atoms with Crippen LogP contribution in [0, 0.1) is 0 Å². The van der Waals surface area contributed by atoms with Crippen molar-refractivity contribution in [2.45, 2.75) is 77.2 Å². The van der Waals surface area contributed by atoms with Crippen LogP contribution in [0.1, 0.15) is 82.8 Å². The Balaban J connectivity index is 2.01. The summed E-state index contributed by atoms with van der Waals surface area (Å²) in [5, 5.41) is 31.8. The second-order valence-corrected chi connectivity index (χ2v) is 8.41. The SMILES string of the molecule is CCCCC/C=C\C/C=C\C/C=C\C/C=C\CCCC(=O)CNCC(O)c1ccc(O)c(O)c1. The van der Waals surface area contributed by atoms with Gasteiger partial charge in [-0.25, -0.2) is 0 Å². The van der Waals surface area contributed by atoms with Gasteiger partial charge in [0.1, 0.15) is 5.78 Å². The minimum absolute atomic E-state index is 0.108. The Morgan fingerprint density at radius 1 is 0.853 bits per heavy atom. The van der Waals surface area contributed by atoms with E-state index in [-0.39, 0.29) is 30.4 Å². The molecule has 188 valence electrons. The smallest absolute Gasteiger partial charge is 0.157 e. The molecular formula is C29H43NO4. The fourth-order valence-electron chi connectivity index (χ4n) is 3.28. The van der Waals surface area contributed by atoms with Gasteiger partial charge in [-0.15, -0.1) is 0 Å². The van der Waals surface area contributed by atoms with E-state index in [0.717, 1.165) is 32.1 Å². The van der Waals surface area contributed by atoms with Gasteiger partial charge in [0.2, 0.25) is 0 Å². The fraction of sp³-hybridized carbons (Fsp3) is 0.483. The molecule has 0 amide bonds. The lowest BCUT2D eigenvalue weighted by molar-refractivity contribution is -0.118. The van der Waals surface area contributed by atoms with Crippen LogP contribution in [0.4, 0.5) is 0 Å². The van der Waals surface area contributed by atoms with E-state index in [0.29, 0.717) is 12.0 Å². The van der Waals surface area contributed by atoms with Gasteiger partial charge in [0.25, 0.3) is 0 Å².